The molecule has 9 heteroatoms. The maximum absolute atomic E-state index is 11.4. The van der Waals surface area contributed by atoms with Crippen molar-refractivity contribution in [3.8, 4) is 17.2 Å². The van der Waals surface area contributed by atoms with Gasteiger partial charge in [-0.15, -0.1) is 0 Å². The lowest BCUT2D eigenvalue weighted by Crippen LogP contribution is -2.17. The number of rotatable bonds is 12. The highest BCUT2D eigenvalue weighted by Crippen LogP contribution is 2.47. The van der Waals surface area contributed by atoms with Crippen molar-refractivity contribution in [3.05, 3.63) is 16.7 Å². The Hall–Kier alpha value is -2.97. The zero-order chi connectivity index (χ0) is 22.7. The van der Waals surface area contributed by atoms with Gasteiger partial charge in [0.25, 0.3) is 0 Å². The van der Waals surface area contributed by atoms with E-state index in [4.69, 9.17) is 14.2 Å². The molecule has 1 aromatic carbocycles. The van der Waals surface area contributed by atoms with E-state index < -0.39 is 18.5 Å². The van der Waals surface area contributed by atoms with Gasteiger partial charge in [0.15, 0.2) is 11.5 Å². The van der Waals surface area contributed by atoms with E-state index in [1.807, 2.05) is 20.8 Å². The van der Waals surface area contributed by atoms with Crippen molar-refractivity contribution >= 4 is 18.5 Å². The first-order valence-corrected chi connectivity index (χ1v) is 10.2. The molecule has 0 saturated heterocycles. The molecular formula is C21H30O9. The fourth-order valence-corrected chi connectivity index (χ4v) is 3.25. The second-order valence-corrected chi connectivity index (χ2v) is 6.84. The molecule has 1 aromatic rings. The molecule has 0 atom stereocenters. The quantitative estimate of drug-likeness (QED) is 0.276. The molecule has 30 heavy (non-hydrogen) atoms. The van der Waals surface area contributed by atoms with Gasteiger partial charge in [-0.1, -0.05) is 40.0 Å². The third-order valence-corrected chi connectivity index (χ3v) is 4.58. The summed E-state index contributed by atoms with van der Waals surface area (Å²) >= 11 is 0. The van der Waals surface area contributed by atoms with Crippen molar-refractivity contribution in [2.75, 3.05) is 0 Å². The summed E-state index contributed by atoms with van der Waals surface area (Å²) in [7, 11) is 0. The smallest absolute Gasteiger partial charge is 0.449 e. The lowest BCUT2D eigenvalue weighted by atomic mass is 9.90. The van der Waals surface area contributed by atoms with E-state index >= 15 is 0 Å². The van der Waals surface area contributed by atoms with Crippen LogP contribution in [0.15, 0.2) is 0 Å². The first-order valence-electron chi connectivity index (χ1n) is 10.2. The SMILES string of the molecule is CCCCc1c(CCCC)c(OC(=O)O)c(OC(=O)O)c(CCCC)c1OC(=O)O. The van der Waals surface area contributed by atoms with Gasteiger partial charge in [0.05, 0.1) is 0 Å². The minimum atomic E-state index is -1.66. The van der Waals surface area contributed by atoms with Crippen molar-refractivity contribution in [2.45, 2.75) is 78.6 Å². The summed E-state index contributed by atoms with van der Waals surface area (Å²) in [6, 6.07) is 0. The topological polar surface area (TPSA) is 140 Å². The Morgan fingerprint density at radius 3 is 1.23 bits per heavy atom. The molecule has 0 unspecified atom stereocenters. The average molecular weight is 426 g/mol. The molecule has 0 aliphatic rings. The first-order chi connectivity index (χ1) is 14.3. The Bertz CT molecular complexity index is 756. The number of carboxylic acid groups (broad SMARTS) is 3. The predicted molar refractivity (Wildman–Crippen MR) is 108 cm³/mol. The summed E-state index contributed by atoms with van der Waals surface area (Å²) in [6.45, 7) is 5.83. The zero-order valence-electron chi connectivity index (χ0n) is 17.7. The van der Waals surface area contributed by atoms with E-state index in [0.717, 1.165) is 19.3 Å². The molecule has 0 spiro atoms. The first kappa shape index (κ1) is 25.1. The second-order valence-electron chi connectivity index (χ2n) is 6.84. The predicted octanol–water partition coefficient (Wildman–Crippen LogP) is 5.88. The molecule has 0 heterocycles. The fourth-order valence-electron chi connectivity index (χ4n) is 3.25. The van der Waals surface area contributed by atoms with E-state index in [1.165, 1.54) is 0 Å². The maximum Gasteiger partial charge on any atom is 0.511 e. The van der Waals surface area contributed by atoms with Gasteiger partial charge in [0, 0.05) is 16.7 Å². The Labute approximate surface area is 175 Å². The van der Waals surface area contributed by atoms with Crippen LogP contribution in [0.1, 0.15) is 76.0 Å². The van der Waals surface area contributed by atoms with Crippen molar-refractivity contribution < 1.29 is 43.9 Å². The van der Waals surface area contributed by atoms with E-state index in [9.17, 15) is 29.7 Å². The van der Waals surface area contributed by atoms with Gasteiger partial charge >= 0.3 is 18.5 Å². The Morgan fingerprint density at radius 2 is 0.867 bits per heavy atom. The molecule has 0 aliphatic heterocycles. The summed E-state index contributed by atoms with van der Waals surface area (Å²) in [5.41, 5.74) is 1.11. The van der Waals surface area contributed by atoms with Gasteiger partial charge in [-0.25, -0.2) is 14.4 Å². The highest BCUT2D eigenvalue weighted by Gasteiger charge is 2.30. The van der Waals surface area contributed by atoms with Crippen LogP contribution in [0.4, 0.5) is 14.4 Å². The lowest BCUT2D eigenvalue weighted by Gasteiger charge is -2.23. The molecule has 0 fully saturated rings. The number of ether oxygens (including phenoxy) is 3. The Kier molecular flexibility index (Phi) is 10.5. The highest BCUT2D eigenvalue weighted by molar-refractivity contribution is 5.75. The monoisotopic (exact) mass is 426 g/mol. The van der Waals surface area contributed by atoms with Gasteiger partial charge in [-0.05, 0) is 38.5 Å². The molecule has 0 aromatic heterocycles. The van der Waals surface area contributed by atoms with Gasteiger partial charge < -0.3 is 29.5 Å². The molecule has 0 amide bonds. The molecule has 0 radical (unpaired) electrons. The molecule has 0 bridgehead atoms. The van der Waals surface area contributed by atoms with Crippen LogP contribution in [0.3, 0.4) is 0 Å². The molecular weight excluding hydrogens is 396 g/mol. The van der Waals surface area contributed by atoms with Crippen LogP contribution < -0.4 is 14.2 Å². The molecule has 9 nitrogen and oxygen atoms in total. The van der Waals surface area contributed by atoms with Crippen LogP contribution in [0.25, 0.3) is 0 Å². The molecule has 1 rings (SSSR count). The van der Waals surface area contributed by atoms with Crippen LogP contribution >= 0.6 is 0 Å². The number of hydrogen-bond acceptors (Lipinski definition) is 6. The minimum Gasteiger partial charge on any atom is -0.449 e. The van der Waals surface area contributed by atoms with Gasteiger partial charge in [0.2, 0.25) is 0 Å². The Balaban J connectivity index is 3.96. The normalized spacial score (nSPS) is 10.5. The summed E-state index contributed by atoms with van der Waals surface area (Å²) in [4.78, 5) is 34.2. The number of unbranched alkanes of at least 4 members (excludes halogenated alkanes) is 3. The number of carbonyl (C=O) groups is 3. The third-order valence-electron chi connectivity index (χ3n) is 4.58. The molecule has 168 valence electrons. The molecule has 0 saturated carbocycles. The average Bonchev–Trinajstić information content (AvgIpc) is 2.66. The Morgan fingerprint density at radius 1 is 0.567 bits per heavy atom. The summed E-state index contributed by atoms with van der Waals surface area (Å²) in [5, 5.41) is 27.8. The molecule has 3 N–H and O–H groups in total. The largest absolute Gasteiger partial charge is 0.511 e. The van der Waals surface area contributed by atoms with E-state index in [1.54, 1.807) is 0 Å². The third kappa shape index (κ3) is 7.13. The second kappa shape index (κ2) is 12.6. The number of hydrogen-bond donors (Lipinski definition) is 3. The maximum atomic E-state index is 11.4. The van der Waals surface area contributed by atoms with Gasteiger partial charge in [-0.2, -0.15) is 0 Å². The van der Waals surface area contributed by atoms with Crippen molar-refractivity contribution in [1.29, 1.82) is 0 Å². The number of benzene rings is 1. The minimum absolute atomic E-state index is 0.0180. The van der Waals surface area contributed by atoms with Crippen LogP contribution in [-0.4, -0.2) is 33.8 Å². The van der Waals surface area contributed by atoms with Gasteiger partial charge in [0.1, 0.15) is 5.75 Å². The summed E-state index contributed by atoms with van der Waals surface area (Å²) in [6.07, 6.45) is 0.481. The fraction of sp³-hybridized carbons (Fsp3) is 0.571. The van der Waals surface area contributed by atoms with Crippen LogP contribution in [0, 0.1) is 0 Å². The lowest BCUT2D eigenvalue weighted by molar-refractivity contribution is 0.130. The highest BCUT2D eigenvalue weighted by atomic mass is 16.7. The summed E-state index contributed by atoms with van der Waals surface area (Å²) < 4.78 is 15.0. The van der Waals surface area contributed by atoms with Crippen LogP contribution in [-0.2, 0) is 19.3 Å². The van der Waals surface area contributed by atoms with Crippen molar-refractivity contribution in [1.82, 2.24) is 0 Å². The zero-order valence-corrected chi connectivity index (χ0v) is 17.7. The standard InChI is InChI=1S/C21H30O9/c1-4-7-10-13-14(11-8-5-2)17(29-20(24)25)18(30-21(26)27)15(12-9-6-3)16(13)28-19(22)23/h4-12H2,1-3H3,(H,22,23)(H,24,25)(H,26,27). The van der Waals surface area contributed by atoms with Gasteiger partial charge in [-0.3, -0.25) is 0 Å². The van der Waals surface area contributed by atoms with Crippen molar-refractivity contribution in [2.24, 2.45) is 0 Å². The van der Waals surface area contributed by atoms with Crippen molar-refractivity contribution in [3.63, 3.8) is 0 Å². The van der Waals surface area contributed by atoms with Crippen LogP contribution in [0.5, 0.6) is 17.2 Å². The van der Waals surface area contributed by atoms with Crippen LogP contribution in [0.2, 0.25) is 0 Å². The van der Waals surface area contributed by atoms with E-state index in [-0.39, 0.29) is 29.2 Å². The van der Waals surface area contributed by atoms with E-state index in [0.29, 0.717) is 43.2 Å². The summed E-state index contributed by atoms with van der Waals surface area (Å²) in [5.74, 6) is -0.501. The molecule has 0 aliphatic carbocycles. The van der Waals surface area contributed by atoms with E-state index in [2.05, 4.69) is 0 Å².